The van der Waals surface area contributed by atoms with Crippen molar-refractivity contribution < 1.29 is 9.59 Å². The van der Waals surface area contributed by atoms with Crippen molar-refractivity contribution in [3.8, 4) is 0 Å². The highest BCUT2D eigenvalue weighted by molar-refractivity contribution is 5.82. The molecule has 1 unspecified atom stereocenters. The molecule has 5 nitrogen and oxygen atoms in total. The fourth-order valence-corrected chi connectivity index (χ4v) is 5.07. The maximum atomic E-state index is 13.5. The van der Waals surface area contributed by atoms with Crippen LogP contribution in [-0.4, -0.2) is 71.8 Å². The summed E-state index contributed by atoms with van der Waals surface area (Å²) >= 11 is 0. The van der Waals surface area contributed by atoms with Gasteiger partial charge in [-0.1, -0.05) is 33.6 Å². The summed E-state index contributed by atoms with van der Waals surface area (Å²) in [5.41, 5.74) is 0. The van der Waals surface area contributed by atoms with E-state index in [9.17, 15) is 9.59 Å². The number of piperidine rings is 1. The van der Waals surface area contributed by atoms with E-state index in [0.717, 1.165) is 58.0 Å². The molecule has 0 N–H and O–H groups in total. The van der Waals surface area contributed by atoms with E-state index in [4.69, 9.17) is 0 Å². The lowest BCUT2D eigenvalue weighted by Crippen LogP contribution is -2.59. The first-order valence-electron chi connectivity index (χ1n) is 11.3. The van der Waals surface area contributed by atoms with Gasteiger partial charge in [0.2, 0.25) is 11.8 Å². The van der Waals surface area contributed by atoms with E-state index in [1.165, 1.54) is 25.7 Å². The van der Waals surface area contributed by atoms with Gasteiger partial charge < -0.3 is 9.80 Å². The minimum Gasteiger partial charge on any atom is -0.341 e. The van der Waals surface area contributed by atoms with Crippen LogP contribution in [0.1, 0.15) is 65.7 Å². The molecule has 0 aromatic carbocycles. The van der Waals surface area contributed by atoms with Crippen molar-refractivity contribution in [2.75, 3.05) is 39.3 Å². The molecular weight excluding hydrogens is 338 g/mol. The fourth-order valence-electron chi connectivity index (χ4n) is 5.07. The molecule has 0 radical (unpaired) electrons. The van der Waals surface area contributed by atoms with Crippen LogP contribution in [0.3, 0.4) is 0 Å². The summed E-state index contributed by atoms with van der Waals surface area (Å²) in [7, 11) is 0. The van der Waals surface area contributed by atoms with Crippen LogP contribution < -0.4 is 0 Å². The van der Waals surface area contributed by atoms with E-state index < -0.39 is 0 Å². The highest BCUT2D eigenvalue weighted by atomic mass is 16.2. The van der Waals surface area contributed by atoms with E-state index in [1.54, 1.807) is 0 Å². The predicted molar refractivity (Wildman–Crippen MR) is 108 cm³/mol. The molecule has 1 saturated carbocycles. The zero-order valence-corrected chi connectivity index (χ0v) is 17.7. The van der Waals surface area contributed by atoms with E-state index in [-0.39, 0.29) is 11.9 Å². The Balaban J connectivity index is 1.62. The minimum absolute atomic E-state index is 0.0447. The molecular formula is C22H39N3O2. The lowest BCUT2D eigenvalue weighted by molar-refractivity contribution is -0.142. The number of hydrogen-bond acceptors (Lipinski definition) is 3. The Labute approximate surface area is 165 Å². The molecule has 3 fully saturated rings. The minimum atomic E-state index is 0.0447. The monoisotopic (exact) mass is 377 g/mol. The number of hydrogen-bond donors (Lipinski definition) is 0. The second kappa shape index (κ2) is 9.40. The van der Waals surface area contributed by atoms with E-state index in [0.29, 0.717) is 24.2 Å². The number of piperazine rings is 1. The van der Waals surface area contributed by atoms with Crippen LogP contribution in [0.2, 0.25) is 0 Å². The lowest BCUT2D eigenvalue weighted by atomic mass is 9.92. The van der Waals surface area contributed by atoms with Crippen LogP contribution in [0, 0.1) is 17.8 Å². The lowest BCUT2D eigenvalue weighted by Gasteiger charge is -2.43. The van der Waals surface area contributed by atoms with Gasteiger partial charge in [-0.2, -0.15) is 0 Å². The molecule has 0 spiro atoms. The van der Waals surface area contributed by atoms with Crippen molar-refractivity contribution in [2.45, 2.75) is 71.8 Å². The van der Waals surface area contributed by atoms with Crippen LogP contribution in [0.25, 0.3) is 0 Å². The molecule has 1 aliphatic carbocycles. The fraction of sp³-hybridized carbons (Fsp3) is 0.909. The number of amides is 2. The Bertz CT molecular complexity index is 500. The zero-order chi connectivity index (χ0) is 19.4. The Morgan fingerprint density at radius 3 is 2.00 bits per heavy atom. The van der Waals surface area contributed by atoms with Gasteiger partial charge in [0.25, 0.3) is 0 Å². The van der Waals surface area contributed by atoms with Crippen LogP contribution in [0.5, 0.6) is 0 Å². The molecule has 154 valence electrons. The summed E-state index contributed by atoms with van der Waals surface area (Å²) in [6.45, 7) is 11.6. The smallest absolute Gasteiger partial charge is 0.240 e. The number of nitrogens with zero attached hydrogens (tertiary/aromatic N) is 3. The third kappa shape index (κ3) is 5.24. The van der Waals surface area contributed by atoms with Gasteiger partial charge in [0.1, 0.15) is 0 Å². The van der Waals surface area contributed by atoms with Crippen LogP contribution in [0.4, 0.5) is 0 Å². The number of rotatable bonds is 5. The average molecular weight is 378 g/mol. The summed E-state index contributed by atoms with van der Waals surface area (Å²) < 4.78 is 0. The van der Waals surface area contributed by atoms with Gasteiger partial charge in [-0.25, -0.2) is 0 Å². The SMILES string of the molecule is CC(C)CC(=O)N1CCN(C(C(=O)N2CCC(C)CC2)C2CCCC2)CC1. The summed E-state index contributed by atoms with van der Waals surface area (Å²) in [4.78, 5) is 32.4. The molecule has 1 atom stereocenters. The summed E-state index contributed by atoms with van der Waals surface area (Å²) in [6, 6.07) is 0.0447. The second-order valence-corrected chi connectivity index (χ2v) is 9.51. The van der Waals surface area contributed by atoms with Crippen LogP contribution >= 0.6 is 0 Å². The first-order valence-corrected chi connectivity index (χ1v) is 11.3. The van der Waals surface area contributed by atoms with Gasteiger partial charge in [-0.3, -0.25) is 14.5 Å². The molecule has 5 heteroatoms. The highest BCUT2D eigenvalue weighted by Crippen LogP contribution is 2.32. The molecule has 2 amide bonds. The van der Waals surface area contributed by atoms with Crippen molar-refractivity contribution in [3.05, 3.63) is 0 Å². The van der Waals surface area contributed by atoms with Gasteiger partial charge in [0.15, 0.2) is 0 Å². The first kappa shape index (κ1) is 20.6. The predicted octanol–water partition coefficient (Wildman–Crippen LogP) is 2.99. The van der Waals surface area contributed by atoms with E-state index in [2.05, 4.69) is 30.6 Å². The Kier molecular flexibility index (Phi) is 7.18. The van der Waals surface area contributed by atoms with Gasteiger partial charge in [-0.15, -0.1) is 0 Å². The molecule has 2 saturated heterocycles. The second-order valence-electron chi connectivity index (χ2n) is 9.51. The third-order valence-corrected chi connectivity index (χ3v) is 6.84. The third-order valence-electron chi connectivity index (χ3n) is 6.84. The summed E-state index contributed by atoms with van der Waals surface area (Å²) in [5.74, 6) is 2.31. The Morgan fingerprint density at radius 1 is 0.852 bits per heavy atom. The van der Waals surface area contributed by atoms with Gasteiger partial charge in [-0.05, 0) is 43.4 Å². The molecule has 3 rings (SSSR count). The van der Waals surface area contributed by atoms with Crippen molar-refractivity contribution in [3.63, 3.8) is 0 Å². The van der Waals surface area contributed by atoms with Crippen LogP contribution in [-0.2, 0) is 9.59 Å². The summed E-state index contributed by atoms with van der Waals surface area (Å²) in [5, 5.41) is 0. The van der Waals surface area contributed by atoms with E-state index >= 15 is 0 Å². The molecule has 0 bridgehead atoms. The van der Waals surface area contributed by atoms with Gasteiger partial charge >= 0.3 is 0 Å². The summed E-state index contributed by atoms with van der Waals surface area (Å²) in [6.07, 6.45) is 7.81. The average Bonchev–Trinajstić information content (AvgIpc) is 3.16. The Hall–Kier alpha value is -1.10. The maximum Gasteiger partial charge on any atom is 0.240 e. The van der Waals surface area contributed by atoms with Gasteiger partial charge in [0.05, 0.1) is 6.04 Å². The largest absolute Gasteiger partial charge is 0.341 e. The Morgan fingerprint density at radius 2 is 1.44 bits per heavy atom. The maximum absolute atomic E-state index is 13.5. The highest BCUT2D eigenvalue weighted by Gasteiger charge is 2.39. The van der Waals surface area contributed by atoms with Crippen molar-refractivity contribution in [1.82, 2.24) is 14.7 Å². The number of carbonyl (C=O) groups is 2. The number of carbonyl (C=O) groups excluding carboxylic acids is 2. The molecule has 2 heterocycles. The normalized spacial score (nSPS) is 24.6. The van der Waals surface area contributed by atoms with E-state index in [1.807, 2.05) is 4.90 Å². The topological polar surface area (TPSA) is 43.9 Å². The molecule has 0 aromatic heterocycles. The molecule has 3 aliphatic rings. The van der Waals surface area contributed by atoms with Crippen molar-refractivity contribution >= 4 is 11.8 Å². The quantitative estimate of drug-likeness (QED) is 0.740. The zero-order valence-electron chi connectivity index (χ0n) is 17.7. The molecule has 0 aromatic rings. The van der Waals surface area contributed by atoms with Crippen molar-refractivity contribution in [2.24, 2.45) is 17.8 Å². The van der Waals surface area contributed by atoms with Crippen molar-refractivity contribution in [1.29, 1.82) is 0 Å². The molecule has 2 aliphatic heterocycles. The standard InChI is InChI=1S/C22H39N3O2/c1-17(2)16-20(26)23-12-14-24(15-13-23)21(19-6-4-5-7-19)22(27)25-10-8-18(3)9-11-25/h17-19,21H,4-16H2,1-3H3. The number of likely N-dealkylation sites (tertiary alicyclic amines) is 1. The first-order chi connectivity index (χ1) is 13.0. The van der Waals surface area contributed by atoms with Crippen LogP contribution in [0.15, 0.2) is 0 Å². The molecule has 27 heavy (non-hydrogen) atoms. The van der Waals surface area contributed by atoms with Gasteiger partial charge in [0, 0.05) is 45.7 Å².